The highest BCUT2D eigenvalue weighted by Gasteiger charge is 2.26. The van der Waals surface area contributed by atoms with Gasteiger partial charge in [-0.1, -0.05) is 12.2 Å². The van der Waals surface area contributed by atoms with Crippen molar-refractivity contribution in [2.45, 2.75) is 12.8 Å². The Morgan fingerprint density at radius 3 is 2.48 bits per heavy atom. The van der Waals surface area contributed by atoms with Crippen molar-refractivity contribution in [3.05, 3.63) is 23.8 Å². The predicted octanol–water partition coefficient (Wildman–Crippen LogP) is 1.84. The number of nitrogens with two attached hydrogens (primary N) is 1. The quantitative estimate of drug-likeness (QED) is 0.860. The Morgan fingerprint density at radius 1 is 1.29 bits per heavy atom. The molecule has 114 valence electrons. The highest BCUT2D eigenvalue weighted by Crippen LogP contribution is 2.27. The standard InChI is InChI=1S/C15H20N2O3S/c1-19-11-3-4-12(13(9-11)20-2)15(18)17-7-5-10(6-8-17)14(16)21/h3-4,9-10H,5-8H2,1-2H3,(H2,16,21). The molecule has 0 spiro atoms. The number of hydrogen-bond donors (Lipinski definition) is 1. The van der Waals surface area contributed by atoms with E-state index >= 15 is 0 Å². The Bertz CT molecular complexity index is 540. The molecule has 0 aliphatic carbocycles. The summed E-state index contributed by atoms with van der Waals surface area (Å²) in [5.74, 6) is 1.39. The molecule has 2 N–H and O–H groups in total. The van der Waals surface area contributed by atoms with E-state index in [-0.39, 0.29) is 11.8 Å². The Balaban J connectivity index is 2.12. The van der Waals surface area contributed by atoms with Gasteiger partial charge in [-0.15, -0.1) is 0 Å². The summed E-state index contributed by atoms with van der Waals surface area (Å²) in [5, 5.41) is 0. The van der Waals surface area contributed by atoms with E-state index in [0.717, 1.165) is 12.8 Å². The number of hydrogen-bond acceptors (Lipinski definition) is 4. The molecule has 0 atom stereocenters. The number of thiocarbonyl (C=S) groups is 1. The van der Waals surface area contributed by atoms with Crippen LogP contribution in [0.25, 0.3) is 0 Å². The van der Waals surface area contributed by atoms with Gasteiger partial charge in [0.05, 0.1) is 24.8 Å². The minimum absolute atomic E-state index is 0.0316. The molecule has 6 heteroatoms. The maximum Gasteiger partial charge on any atom is 0.257 e. The van der Waals surface area contributed by atoms with Crippen molar-refractivity contribution in [3.8, 4) is 11.5 Å². The molecule has 1 saturated heterocycles. The van der Waals surface area contributed by atoms with Crippen molar-refractivity contribution in [3.63, 3.8) is 0 Å². The van der Waals surface area contributed by atoms with Gasteiger partial charge in [-0.05, 0) is 25.0 Å². The third-order valence-electron chi connectivity index (χ3n) is 3.82. The maximum atomic E-state index is 12.6. The van der Waals surface area contributed by atoms with E-state index < -0.39 is 0 Å². The van der Waals surface area contributed by atoms with Gasteiger partial charge in [-0.3, -0.25) is 4.79 Å². The zero-order valence-electron chi connectivity index (χ0n) is 12.3. The van der Waals surface area contributed by atoms with Crippen molar-refractivity contribution in [1.29, 1.82) is 0 Å². The number of nitrogens with zero attached hydrogens (tertiary/aromatic N) is 1. The lowest BCUT2D eigenvalue weighted by Crippen LogP contribution is -2.41. The van der Waals surface area contributed by atoms with Gasteiger partial charge in [0.1, 0.15) is 11.5 Å². The number of amides is 1. The molecule has 0 aromatic heterocycles. The summed E-state index contributed by atoms with van der Waals surface area (Å²) in [5.41, 5.74) is 6.22. The number of methoxy groups -OCH3 is 2. The van der Waals surface area contributed by atoms with Crippen LogP contribution in [0.4, 0.5) is 0 Å². The first-order valence-corrected chi connectivity index (χ1v) is 7.28. The molecule has 1 aromatic rings. The molecule has 1 amide bonds. The Hall–Kier alpha value is -1.82. The minimum atomic E-state index is -0.0316. The van der Waals surface area contributed by atoms with Crippen LogP contribution in [0.2, 0.25) is 0 Å². The van der Waals surface area contributed by atoms with Crippen LogP contribution >= 0.6 is 12.2 Å². The Labute approximate surface area is 130 Å². The molecule has 1 fully saturated rings. The van der Waals surface area contributed by atoms with Crippen LogP contribution in [0.5, 0.6) is 11.5 Å². The van der Waals surface area contributed by atoms with E-state index in [4.69, 9.17) is 27.4 Å². The molecular weight excluding hydrogens is 288 g/mol. The van der Waals surface area contributed by atoms with E-state index in [9.17, 15) is 4.79 Å². The van der Waals surface area contributed by atoms with Gasteiger partial charge in [0, 0.05) is 25.1 Å². The number of rotatable bonds is 4. The number of benzene rings is 1. The van der Waals surface area contributed by atoms with Gasteiger partial charge in [0.15, 0.2) is 0 Å². The van der Waals surface area contributed by atoms with E-state index in [1.807, 2.05) is 4.90 Å². The fourth-order valence-corrected chi connectivity index (χ4v) is 2.75. The van der Waals surface area contributed by atoms with Crippen LogP contribution in [0, 0.1) is 5.92 Å². The van der Waals surface area contributed by atoms with E-state index in [2.05, 4.69) is 0 Å². The van der Waals surface area contributed by atoms with Gasteiger partial charge < -0.3 is 20.1 Å². The van der Waals surface area contributed by atoms with Crippen molar-refractivity contribution in [2.24, 2.45) is 11.7 Å². The highest BCUT2D eigenvalue weighted by atomic mass is 32.1. The van der Waals surface area contributed by atoms with Crippen LogP contribution in [-0.4, -0.2) is 43.1 Å². The smallest absolute Gasteiger partial charge is 0.257 e. The number of carbonyl (C=O) groups is 1. The number of ether oxygens (including phenoxy) is 2. The molecule has 0 bridgehead atoms. The van der Waals surface area contributed by atoms with E-state index in [1.165, 1.54) is 0 Å². The highest BCUT2D eigenvalue weighted by molar-refractivity contribution is 7.80. The van der Waals surface area contributed by atoms with Crippen molar-refractivity contribution < 1.29 is 14.3 Å². The van der Waals surface area contributed by atoms with Crippen molar-refractivity contribution in [2.75, 3.05) is 27.3 Å². The normalized spacial score (nSPS) is 15.6. The van der Waals surface area contributed by atoms with Gasteiger partial charge in [0.2, 0.25) is 0 Å². The van der Waals surface area contributed by atoms with E-state index in [1.54, 1.807) is 32.4 Å². The van der Waals surface area contributed by atoms with Crippen LogP contribution in [0.3, 0.4) is 0 Å². The second-order valence-electron chi connectivity index (χ2n) is 5.04. The van der Waals surface area contributed by atoms with E-state index in [0.29, 0.717) is 35.1 Å². The third kappa shape index (κ3) is 3.44. The lowest BCUT2D eigenvalue weighted by atomic mass is 9.96. The summed E-state index contributed by atoms with van der Waals surface area (Å²) in [6.07, 6.45) is 1.64. The van der Waals surface area contributed by atoms with Crippen LogP contribution < -0.4 is 15.2 Å². The van der Waals surface area contributed by atoms with Gasteiger partial charge in [0.25, 0.3) is 5.91 Å². The number of likely N-dealkylation sites (tertiary alicyclic amines) is 1. The Kier molecular flexibility index (Phi) is 5.01. The number of carbonyl (C=O) groups excluding carboxylic acids is 1. The molecule has 0 unspecified atom stereocenters. The molecule has 5 nitrogen and oxygen atoms in total. The zero-order valence-corrected chi connectivity index (χ0v) is 13.1. The molecule has 2 rings (SSSR count). The average molecular weight is 308 g/mol. The first-order valence-electron chi connectivity index (χ1n) is 6.87. The fourth-order valence-electron chi connectivity index (χ4n) is 2.51. The molecule has 1 aliphatic rings. The topological polar surface area (TPSA) is 64.8 Å². The van der Waals surface area contributed by atoms with Crippen LogP contribution in [-0.2, 0) is 0 Å². The predicted molar refractivity (Wildman–Crippen MR) is 85.0 cm³/mol. The lowest BCUT2D eigenvalue weighted by molar-refractivity contribution is 0.0707. The van der Waals surface area contributed by atoms with Gasteiger partial charge >= 0.3 is 0 Å². The minimum Gasteiger partial charge on any atom is -0.497 e. The van der Waals surface area contributed by atoms with Crippen LogP contribution in [0.1, 0.15) is 23.2 Å². The summed E-state index contributed by atoms with van der Waals surface area (Å²) >= 11 is 5.02. The summed E-state index contributed by atoms with van der Waals surface area (Å²) < 4.78 is 10.4. The maximum absolute atomic E-state index is 12.6. The van der Waals surface area contributed by atoms with Crippen molar-refractivity contribution in [1.82, 2.24) is 4.90 Å². The van der Waals surface area contributed by atoms with Gasteiger partial charge in [-0.2, -0.15) is 0 Å². The fraction of sp³-hybridized carbons (Fsp3) is 0.467. The molecular formula is C15H20N2O3S. The molecule has 21 heavy (non-hydrogen) atoms. The zero-order chi connectivity index (χ0) is 15.4. The lowest BCUT2D eigenvalue weighted by Gasteiger charge is -2.31. The molecule has 1 heterocycles. The summed E-state index contributed by atoms with van der Waals surface area (Å²) in [6.45, 7) is 1.33. The third-order valence-corrected chi connectivity index (χ3v) is 4.16. The molecule has 1 aromatic carbocycles. The SMILES string of the molecule is COc1ccc(C(=O)N2CCC(C(N)=S)CC2)c(OC)c1. The summed E-state index contributed by atoms with van der Waals surface area (Å²) in [6, 6.07) is 5.21. The first-order chi connectivity index (χ1) is 10.1. The molecule has 1 aliphatic heterocycles. The second kappa shape index (κ2) is 6.76. The Morgan fingerprint density at radius 2 is 1.95 bits per heavy atom. The summed E-state index contributed by atoms with van der Waals surface area (Å²) in [4.78, 5) is 15.0. The largest absolute Gasteiger partial charge is 0.497 e. The second-order valence-corrected chi connectivity index (χ2v) is 5.51. The van der Waals surface area contributed by atoms with Crippen molar-refractivity contribution >= 4 is 23.1 Å². The monoisotopic (exact) mass is 308 g/mol. The first kappa shape index (κ1) is 15.6. The molecule has 0 saturated carbocycles. The van der Waals surface area contributed by atoms with Gasteiger partial charge in [-0.25, -0.2) is 0 Å². The van der Waals surface area contributed by atoms with Crippen LogP contribution in [0.15, 0.2) is 18.2 Å². The average Bonchev–Trinajstić information content (AvgIpc) is 2.53. The molecule has 0 radical (unpaired) electrons. The summed E-state index contributed by atoms with van der Waals surface area (Å²) in [7, 11) is 3.13. The number of piperidine rings is 1.